The Hall–Kier alpha value is -0.590. The van der Waals surface area contributed by atoms with Gasteiger partial charge in [-0.15, -0.1) is 0 Å². The zero-order valence-corrected chi connectivity index (χ0v) is 7.98. The molecule has 0 aliphatic heterocycles. The molecular formula is C10H18O. The predicted octanol–water partition coefficient (Wildman–Crippen LogP) is 2.96. The number of hydrogen-bond acceptors (Lipinski definition) is 1. The molecule has 0 heterocycles. The second-order valence-electron chi connectivity index (χ2n) is 3.73. The number of carbonyl (C=O) groups excluding carboxylic acids is 1. The van der Waals surface area contributed by atoms with Gasteiger partial charge in [0.05, 0.1) is 0 Å². The van der Waals surface area contributed by atoms with E-state index < -0.39 is 0 Å². The second-order valence-corrected chi connectivity index (χ2v) is 3.73. The molecule has 0 aliphatic rings. The van der Waals surface area contributed by atoms with E-state index in [1.54, 1.807) is 13.0 Å². The summed E-state index contributed by atoms with van der Waals surface area (Å²) in [5, 5.41) is 0. The van der Waals surface area contributed by atoms with Gasteiger partial charge < -0.3 is 0 Å². The van der Waals surface area contributed by atoms with Crippen LogP contribution >= 0.6 is 0 Å². The lowest BCUT2D eigenvalue weighted by Crippen LogP contribution is -2.07. The van der Waals surface area contributed by atoms with Crippen molar-refractivity contribution in [1.29, 1.82) is 0 Å². The van der Waals surface area contributed by atoms with Crippen LogP contribution < -0.4 is 0 Å². The molecule has 11 heavy (non-hydrogen) atoms. The molecule has 0 unspecified atom stereocenters. The minimum atomic E-state index is 0.136. The molecule has 0 fully saturated rings. The first kappa shape index (κ1) is 10.4. The minimum absolute atomic E-state index is 0.136. The van der Waals surface area contributed by atoms with Gasteiger partial charge in [-0.1, -0.05) is 33.3 Å². The van der Waals surface area contributed by atoms with Crippen LogP contribution in [0.1, 0.15) is 40.5 Å². The molecule has 1 nitrogen and oxygen atoms in total. The van der Waals surface area contributed by atoms with Gasteiger partial charge in [-0.25, -0.2) is 0 Å². The highest BCUT2D eigenvalue weighted by Crippen LogP contribution is 2.24. The highest BCUT2D eigenvalue weighted by atomic mass is 16.1. The largest absolute Gasteiger partial charge is 0.295 e. The SMILES string of the molecule is CCC(C)(C)CC=CC(C)=O. The highest BCUT2D eigenvalue weighted by Gasteiger charge is 2.11. The Morgan fingerprint density at radius 3 is 2.36 bits per heavy atom. The van der Waals surface area contributed by atoms with E-state index in [0.717, 1.165) is 12.8 Å². The van der Waals surface area contributed by atoms with Crippen LogP contribution in [-0.4, -0.2) is 5.78 Å². The molecule has 0 rings (SSSR count). The van der Waals surface area contributed by atoms with Crippen LogP contribution in [0.2, 0.25) is 0 Å². The van der Waals surface area contributed by atoms with Gasteiger partial charge >= 0.3 is 0 Å². The van der Waals surface area contributed by atoms with Crippen molar-refractivity contribution in [3.63, 3.8) is 0 Å². The molecule has 0 aliphatic carbocycles. The van der Waals surface area contributed by atoms with Gasteiger partial charge in [0.25, 0.3) is 0 Å². The molecule has 0 N–H and O–H groups in total. The van der Waals surface area contributed by atoms with E-state index in [0.29, 0.717) is 5.41 Å². The standard InChI is InChI=1S/C10H18O/c1-5-10(3,4)8-6-7-9(2)11/h6-7H,5,8H2,1-4H3. The molecular weight excluding hydrogens is 136 g/mol. The molecule has 0 saturated heterocycles. The summed E-state index contributed by atoms with van der Waals surface area (Å²) in [4.78, 5) is 10.5. The third-order valence-electron chi connectivity index (χ3n) is 1.98. The maximum absolute atomic E-state index is 10.5. The summed E-state index contributed by atoms with van der Waals surface area (Å²) in [5.74, 6) is 0.136. The third kappa shape index (κ3) is 5.84. The summed E-state index contributed by atoms with van der Waals surface area (Å²) in [6, 6.07) is 0. The van der Waals surface area contributed by atoms with Gasteiger partial charge in [0.2, 0.25) is 0 Å². The summed E-state index contributed by atoms with van der Waals surface area (Å²) < 4.78 is 0. The van der Waals surface area contributed by atoms with Crippen LogP contribution in [0.5, 0.6) is 0 Å². The summed E-state index contributed by atoms with van der Waals surface area (Å²) in [6.07, 6.45) is 5.75. The Bertz CT molecular complexity index is 154. The second kappa shape index (κ2) is 4.32. The average molecular weight is 154 g/mol. The number of carbonyl (C=O) groups is 1. The fraction of sp³-hybridized carbons (Fsp3) is 0.700. The molecule has 64 valence electrons. The van der Waals surface area contributed by atoms with E-state index in [2.05, 4.69) is 20.8 Å². The smallest absolute Gasteiger partial charge is 0.152 e. The van der Waals surface area contributed by atoms with Crippen LogP contribution in [0.15, 0.2) is 12.2 Å². The van der Waals surface area contributed by atoms with Crippen LogP contribution in [0.25, 0.3) is 0 Å². The third-order valence-corrected chi connectivity index (χ3v) is 1.98. The van der Waals surface area contributed by atoms with Gasteiger partial charge in [-0.3, -0.25) is 4.79 Å². The zero-order chi connectivity index (χ0) is 8.91. The summed E-state index contributed by atoms with van der Waals surface area (Å²) >= 11 is 0. The van der Waals surface area contributed by atoms with E-state index in [4.69, 9.17) is 0 Å². The van der Waals surface area contributed by atoms with Gasteiger partial charge in [0.1, 0.15) is 0 Å². The van der Waals surface area contributed by atoms with Gasteiger partial charge in [-0.05, 0) is 24.8 Å². The lowest BCUT2D eigenvalue weighted by molar-refractivity contribution is -0.112. The normalized spacial score (nSPS) is 12.4. The monoisotopic (exact) mass is 154 g/mol. The lowest BCUT2D eigenvalue weighted by Gasteiger charge is -2.19. The number of hydrogen-bond donors (Lipinski definition) is 0. The summed E-state index contributed by atoms with van der Waals surface area (Å²) in [6.45, 7) is 8.16. The van der Waals surface area contributed by atoms with E-state index in [9.17, 15) is 4.79 Å². The van der Waals surface area contributed by atoms with Gasteiger partial charge in [0.15, 0.2) is 5.78 Å². The fourth-order valence-corrected chi connectivity index (χ4v) is 0.688. The lowest BCUT2D eigenvalue weighted by atomic mass is 9.86. The summed E-state index contributed by atoms with van der Waals surface area (Å²) in [5.41, 5.74) is 0.339. The van der Waals surface area contributed by atoms with Crippen molar-refractivity contribution in [1.82, 2.24) is 0 Å². The molecule has 0 aromatic carbocycles. The topological polar surface area (TPSA) is 17.1 Å². The Morgan fingerprint density at radius 2 is 2.00 bits per heavy atom. The number of rotatable bonds is 4. The zero-order valence-electron chi connectivity index (χ0n) is 7.98. The maximum Gasteiger partial charge on any atom is 0.152 e. The Morgan fingerprint density at radius 1 is 1.45 bits per heavy atom. The van der Waals surface area contributed by atoms with Gasteiger partial charge in [0, 0.05) is 0 Å². The Balaban J connectivity index is 3.78. The molecule has 0 aromatic heterocycles. The minimum Gasteiger partial charge on any atom is -0.295 e. The summed E-state index contributed by atoms with van der Waals surface area (Å²) in [7, 11) is 0. The Labute approximate surface area is 69.5 Å². The van der Waals surface area contributed by atoms with Crippen molar-refractivity contribution in [2.45, 2.75) is 40.5 Å². The molecule has 0 saturated carbocycles. The first-order valence-corrected chi connectivity index (χ1v) is 4.15. The first-order valence-electron chi connectivity index (χ1n) is 4.15. The van der Waals surface area contributed by atoms with E-state index >= 15 is 0 Å². The molecule has 0 spiro atoms. The Kier molecular flexibility index (Phi) is 4.09. The molecule has 0 amide bonds. The predicted molar refractivity (Wildman–Crippen MR) is 48.5 cm³/mol. The van der Waals surface area contributed by atoms with Crippen LogP contribution in [-0.2, 0) is 4.79 Å². The van der Waals surface area contributed by atoms with Crippen LogP contribution in [0, 0.1) is 5.41 Å². The van der Waals surface area contributed by atoms with Crippen molar-refractivity contribution < 1.29 is 4.79 Å². The molecule has 0 aromatic rings. The molecule has 0 radical (unpaired) electrons. The van der Waals surface area contributed by atoms with Gasteiger partial charge in [-0.2, -0.15) is 0 Å². The fourth-order valence-electron chi connectivity index (χ4n) is 0.688. The van der Waals surface area contributed by atoms with E-state index in [-0.39, 0.29) is 5.78 Å². The number of allylic oxidation sites excluding steroid dienone is 2. The quantitative estimate of drug-likeness (QED) is 0.569. The molecule has 1 heteroatoms. The number of ketones is 1. The van der Waals surface area contributed by atoms with Crippen LogP contribution in [0.3, 0.4) is 0 Å². The molecule has 0 atom stereocenters. The van der Waals surface area contributed by atoms with Crippen molar-refractivity contribution >= 4 is 5.78 Å². The van der Waals surface area contributed by atoms with Crippen molar-refractivity contribution in [3.05, 3.63) is 12.2 Å². The van der Waals surface area contributed by atoms with Crippen molar-refractivity contribution in [2.75, 3.05) is 0 Å². The van der Waals surface area contributed by atoms with E-state index in [1.807, 2.05) is 6.08 Å². The highest BCUT2D eigenvalue weighted by molar-refractivity contribution is 5.87. The first-order chi connectivity index (χ1) is 4.98. The van der Waals surface area contributed by atoms with Crippen molar-refractivity contribution in [2.24, 2.45) is 5.41 Å². The molecule has 0 bridgehead atoms. The van der Waals surface area contributed by atoms with Crippen LogP contribution in [0.4, 0.5) is 0 Å². The maximum atomic E-state index is 10.5. The average Bonchev–Trinajstić information content (AvgIpc) is 1.87. The van der Waals surface area contributed by atoms with E-state index in [1.165, 1.54) is 0 Å². The van der Waals surface area contributed by atoms with Crippen molar-refractivity contribution in [3.8, 4) is 0 Å².